The SMILES string of the molecule is CC(C)=CCNc1ncc(C(=O)O)cc1Cl. The lowest BCUT2D eigenvalue weighted by atomic mass is 10.3. The lowest BCUT2D eigenvalue weighted by molar-refractivity contribution is 0.0696. The average molecular weight is 241 g/mol. The monoisotopic (exact) mass is 240 g/mol. The Balaban J connectivity index is 2.75. The summed E-state index contributed by atoms with van der Waals surface area (Å²) in [4.78, 5) is 14.6. The van der Waals surface area contributed by atoms with E-state index in [0.717, 1.165) is 0 Å². The van der Waals surface area contributed by atoms with Crippen LogP contribution in [0.5, 0.6) is 0 Å². The van der Waals surface area contributed by atoms with Crippen LogP contribution < -0.4 is 5.32 Å². The Morgan fingerprint density at radius 3 is 2.81 bits per heavy atom. The smallest absolute Gasteiger partial charge is 0.337 e. The van der Waals surface area contributed by atoms with Crippen molar-refractivity contribution in [3.05, 3.63) is 34.5 Å². The van der Waals surface area contributed by atoms with Crippen LogP contribution in [0.25, 0.3) is 0 Å². The van der Waals surface area contributed by atoms with Gasteiger partial charge in [-0.2, -0.15) is 0 Å². The predicted octanol–water partition coefficient (Wildman–Crippen LogP) is 2.81. The Kier molecular flexibility index (Phi) is 4.31. The zero-order valence-electron chi connectivity index (χ0n) is 9.12. The molecule has 0 aliphatic rings. The summed E-state index contributed by atoms with van der Waals surface area (Å²) in [6.07, 6.45) is 3.27. The van der Waals surface area contributed by atoms with Gasteiger partial charge in [0.05, 0.1) is 10.6 Å². The number of hydrogen-bond donors (Lipinski definition) is 2. The van der Waals surface area contributed by atoms with Crippen molar-refractivity contribution >= 4 is 23.4 Å². The van der Waals surface area contributed by atoms with Crippen molar-refractivity contribution in [2.45, 2.75) is 13.8 Å². The first-order valence-electron chi connectivity index (χ1n) is 4.77. The molecule has 0 fully saturated rings. The standard InChI is InChI=1S/C11H13ClN2O2/c1-7(2)3-4-13-10-9(12)5-8(6-14-10)11(15)16/h3,5-6H,4H2,1-2H3,(H,13,14)(H,15,16). The molecule has 1 aromatic heterocycles. The first-order valence-corrected chi connectivity index (χ1v) is 5.14. The Labute approximate surface area is 99.0 Å². The topological polar surface area (TPSA) is 62.2 Å². The molecule has 16 heavy (non-hydrogen) atoms. The maximum absolute atomic E-state index is 10.6. The van der Waals surface area contributed by atoms with Gasteiger partial charge in [-0.15, -0.1) is 0 Å². The molecule has 5 heteroatoms. The lowest BCUT2D eigenvalue weighted by Gasteiger charge is -2.05. The molecule has 0 radical (unpaired) electrons. The van der Waals surface area contributed by atoms with Gasteiger partial charge in [0.1, 0.15) is 5.82 Å². The minimum Gasteiger partial charge on any atom is -0.478 e. The van der Waals surface area contributed by atoms with E-state index < -0.39 is 5.97 Å². The molecule has 0 atom stereocenters. The second-order valence-electron chi connectivity index (χ2n) is 3.52. The van der Waals surface area contributed by atoms with Crippen molar-refractivity contribution in [3.63, 3.8) is 0 Å². The zero-order chi connectivity index (χ0) is 12.1. The van der Waals surface area contributed by atoms with Gasteiger partial charge in [-0.1, -0.05) is 23.3 Å². The molecule has 0 aliphatic carbocycles. The average Bonchev–Trinajstić information content (AvgIpc) is 2.19. The van der Waals surface area contributed by atoms with E-state index in [1.165, 1.54) is 17.8 Å². The summed E-state index contributed by atoms with van der Waals surface area (Å²) in [5.41, 5.74) is 1.27. The van der Waals surface area contributed by atoms with Crippen LogP contribution in [-0.4, -0.2) is 22.6 Å². The molecule has 2 N–H and O–H groups in total. The highest BCUT2D eigenvalue weighted by Gasteiger charge is 2.07. The summed E-state index contributed by atoms with van der Waals surface area (Å²) >= 11 is 5.88. The third kappa shape index (κ3) is 3.55. The number of halogens is 1. The van der Waals surface area contributed by atoms with Gasteiger partial charge in [0.25, 0.3) is 0 Å². The van der Waals surface area contributed by atoms with E-state index in [1.807, 2.05) is 19.9 Å². The molecule has 4 nitrogen and oxygen atoms in total. The number of allylic oxidation sites excluding steroid dienone is 1. The number of carboxylic acid groups (broad SMARTS) is 1. The Bertz CT molecular complexity index is 426. The van der Waals surface area contributed by atoms with Crippen LogP contribution in [-0.2, 0) is 0 Å². The summed E-state index contributed by atoms with van der Waals surface area (Å²) in [5, 5.41) is 12.0. The van der Waals surface area contributed by atoms with Gasteiger partial charge < -0.3 is 10.4 Å². The van der Waals surface area contributed by atoms with Gasteiger partial charge in [-0.25, -0.2) is 9.78 Å². The van der Waals surface area contributed by atoms with Crippen LogP contribution in [0.2, 0.25) is 5.02 Å². The van der Waals surface area contributed by atoms with Crippen LogP contribution in [0.4, 0.5) is 5.82 Å². The number of nitrogens with zero attached hydrogens (tertiary/aromatic N) is 1. The fourth-order valence-electron chi connectivity index (χ4n) is 1.04. The second kappa shape index (κ2) is 5.51. The van der Waals surface area contributed by atoms with E-state index in [1.54, 1.807) is 0 Å². The maximum Gasteiger partial charge on any atom is 0.337 e. The third-order valence-corrected chi connectivity index (χ3v) is 2.16. The molecule has 1 aromatic rings. The van der Waals surface area contributed by atoms with E-state index in [2.05, 4.69) is 10.3 Å². The molecule has 86 valence electrons. The molecular weight excluding hydrogens is 228 g/mol. The first-order chi connectivity index (χ1) is 7.50. The van der Waals surface area contributed by atoms with E-state index >= 15 is 0 Å². The number of aromatic carboxylic acids is 1. The summed E-state index contributed by atoms with van der Waals surface area (Å²) in [6.45, 7) is 4.59. The van der Waals surface area contributed by atoms with Crippen molar-refractivity contribution in [1.29, 1.82) is 0 Å². The number of carboxylic acids is 1. The largest absolute Gasteiger partial charge is 0.478 e. The van der Waals surface area contributed by atoms with Crippen LogP contribution in [0.1, 0.15) is 24.2 Å². The fraction of sp³-hybridized carbons (Fsp3) is 0.273. The van der Waals surface area contributed by atoms with E-state index in [0.29, 0.717) is 17.4 Å². The number of carbonyl (C=O) groups is 1. The molecule has 0 aromatic carbocycles. The minimum absolute atomic E-state index is 0.0813. The molecule has 0 spiro atoms. The highest BCUT2D eigenvalue weighted by Crippen LogP contribution is 2.19. The summed E-state index contributed by atoms with van der Waals surface area (Å²) in [7, 11) is 0. The summed E-state index contributed by atoms with van der Waals surface area (Å²) < 4.78 is 0. The summed E-state index contributed by atoms with van der Waals surface area (Å²) in [6, 6.07) is 1.38. The number of nitrogens with one attached hydrogen (secondary N) is 1. The number of anilines is 1. The molecule has 0 unspecified atom stereocenters. The van der Waals surface area contributed by atoms with Crippen LogP contribution in [0.15, 0.2) is 23.9 Å². The Hall–Kier alpha value is -1.55. The van der Waals surface area contributed by atoms with Gasteiger partial charge in [-0.3, -0.25) is 0 Å². The van der Waals surface area contributed by atoms with Gasteiger partial charge >= 0.3 is 5.97 Å². The number of hydrogen-bond acceptors (Lipinski definition) is 3. The van der Waals surface area contributed by atoms with Gasteiger partial charge in [0.15, 0.2) is 0 Å². The molecule has 0 saturated heterocycles. The van der Waals surface area contributed by atoms with Crippen molar-refractivity contribution in [2.75, 3.05) is 11.9 Å². The number of aromatic nitrogens is 1. The number of rotatable bonds is 4. The van der Waals surface area contributed by atoms with Gasteiger partial charge in [0, 0.05) is 12.7 Å². The van der Waals surface area contributed by atoms with E-state index in [-0.39, 0.29) is 5.56 Å². The number of pyridine rings is 1. The van der Waals surface area contributed by atoms with Crippen LogP contribution in [0.3, 0.4) is 0 Å². The van der Waals surface area contributed by atoms with Gasteiger partial charge in [-0.05, 0) is 19.9 Å². The minimum atomic E-state index is -1.04. The maximum atomic E-state index is 10.6. The Morgan fingerprint density at radius 2 is 2.31 bits per heavy atom. The summed E-state index contributed by atoms with van der Waals surface area (Å²) in [5.74, 6) is -0.547. The fourth-order valence-corrected chi connectivity index (χ4v) is 1.27. The van der Waals surface area contributed by atoms with Crippen molar-refractivity contribution < 1.29 is 9.90 Å². The highest BCUT2D eigenvalue weighted by molar-refractivity contribution is 6.33. The molecule has 1 heterocycles. The molecule has 0 aliphatic heterocycles. The van der Waals surface area contributed by atoms with E-state index in [9.17, 15) is 4.79 Å². The van der Waals surface area contributed by atoms with Crippen molar-refractivity contribution in [1.82, 2.24) is 4.98 Å². The predicted molar refractivity (Wildman–Crippen MR) is 64.1 cm³/mol. The molecule has 0 amide bonds. The van der Waals surface area contributed by atoms with Crippen LogP contribution >= 0.6 is 11.6 Å². The second-order valence-corrected chi connectivity index (χ2v) is 3.93. The van der Waals surface area contributed by atoms with E-state index in [4.69, 9.17) is 16.7 Å². The van der Waals surface area contributed by atoms with Gasteiger partial charge in [0.2, 0.25) is 0 Å². The third-order valence-electron chi connectivity index (χ3n) is 1.87. The van der Waals surface area contributed by atoms with Crippen molar-refractivity contribution in [3.8, 4) is 0 Å². The lowest BCUT2D eigenvalue weighted by Crippen LogP contribution is -2.04. The first kappa shape index (κ1) is 12.5. The zero-order valence-corrected chi connectivity index (χ0v) is 9.88. The molecular formula is C11H13ClN2O2. The highest BCUT2D eigenvalue weighted by atomic mass is 35.5. The Morgan fingerprint density at radius 1 is 1.62 bits per heavy atom. The quantitative estimate of drug-likeness (QED) is 0.795. The molecule has 1 rings (SSSR count). The van der Waals surface area contributed by atoms with Crippen LogP contribution in [0, 0.1) is 0 Å². The van der Waals surface area contributed by atoms with Crippen molar-refractivity contribution in [2.24, 2.45) is 0 Å². The normalized spacial score (nSPS) is 9.69. The molecule has 0 bridgehead atoms. The molecule has 0 saturated carbocycles.